The van der Waals surface area contributed by atoms with Gasteiger partial charge in [0.15, 0.2) is 11.5 Å². The van der Waals surface area contributed by atoms with Crippen LogP contribution in [0.15, 0.2) is 18.2 Å². The maximum absolute atomic E-state index is 12.2. The summed E-state index contributed by atoms with van der Waals surface area (Å²) in [5.74, 6) is 1.59. The number of carbonyl (C=O) groups is 1. The first-order chi connectivity index (χ1) is 9.74. The molecule has 2 unspecified atom stereocenters. The molecule has 2 heterocycles. The van der Waals surface area contributed by atoms with Crippen LogP contribution in [-0.4, -0.2) is 25.3 Å². The van der Waals surface area contributed by atoms with Crippen molar-refractivity contribution in [3.05, 3.63) is 23.8 Å². The molecule has 0 bridgehead atoms. The number of ether oxygens (including phenoxy) is 2. The van der Waals surface area contributed by atoms with Crippen LogP contribution >= 0.6 is 0 Å². The van der Waals surface area contributed by atoms with Gasteiger partial charge in [0.1, 0.15) is 0 Å². The van der Waals surface area contributed by atoms with Crippen LogP contribution < -0.4 is 20.1 Å². The molecule has 2 atom stereocenters. The number of rotatable bonds is 3. The Balaban J connectivity index is 1.63. The standard InChI is InChI=1S/C15H20N2O3/c1-10(17-15(18)12-4-2-3-7-16-12)11-5-6-13-14(8-11)20-9-19-13/h5-6,8,10,12,16H,2-4,7,9H2,1H3,(H,17,18). The quantitative estimate of drug-likeness (QED) is 0.883. The molecule has 1 amide bonds. The van der Waals surface area contributed by atoms with Gasteiger partial charge in [0.25, 0.3) is 0 Å². The van der Waals surface area contributed by atoms with Crippen molar-refractivity contribution in [2.75, 3.05) is 13.3 Å². The molecule has 2 N–H and O–H groups in total. The summed E-state index contributed by atoms with van der Waals surface area (Å²) in [5, 5.41) is 6.32. The molecule has 5 nitrogen and oxygen atoms in total. The van der Waals surface area contributed by atoms with Crippen molar-refractivity contribution in [1.29, 1.82) is 0 Å². The first kappa shape index (κ1) is 13.2. The van der Waals surface area contributed by atoms with Gasteiger partial charge in [-0.3, -0.25) is 4.79 Å². The predicted molar refractivity (Wildman–Crippen MR) is 74.8 cm³/mol. The topological polar surface area (TPSA) is 59.6 Å². The van der Waals surface area contributed by atoms with E-state index >= 15 is 0 Å². The summed E-state index contributed by atoms with van der Waals surface area (Å²) in [7, 11) is 0. The fraction of sp³-hybridized carbons (Fsp3) is 0.533. The van der Waals surface area contributed by atoms with E-state index in [4.69, 9.17) is 9.47 Å². The second-order valence-corrected chi connectivity index (χ2v) is 5.35. The van der Waals surface area contributed by atoms with Crippen LogP contribution in [0.4, 0.5) is 0 Å². The average molecular weight is 276 g/mol. The summed E-state index contributed by atoms with van der Waals surface area (Å²) in [6, 6.07) is 5.69. The Hall–Kier alpha value is -1.75. The van der Waals surface area contributed by atoms with Gasteiger partial charge in [0.2, 0.25) is 12.7 Å². The normalized spacial score (nSPS) is 22.4. The Morgan fingerprint density at radius 1 is 1.35 bits per heavy atom. The lowest BCUT2D eigenvalue weighted by Crippen LogP contribution is -2.47. The first-order valence-corrected chi connectivity index (χ1v) is 7.17. The molecule has 0 spiro atoms. The van der Waals surface area contributed by atoms with E-state index in [2.05, 4.69) is 10.6 Å². The largest absolute Gasteiger partial charge is 0.454 e. The van der Waals surface area contributed by atoms with E-state index < -0.39 is 0 Å². The molecule has 0 radical (unpaired) electrons. The van der Waals surface area contributed by atoms with Crippen molar-refractivity contribution < 1.29 is 14.3 Å². The smallest absolute Gasteiger partial charge is 0.237 e. The van der Waals surface area contributed by atoms with Crippen molar-refractivity contribution in [3.63, 3.8) is 0 Å². The van der Waals surface area contributed by atoms with Crippen LogP contribution in [0.25, 0.3) is 0 Å². The molecule has 1 fully saturated rings. The Morgan fingerprint density at radius 2 is 2.20 bits per heavy atom. The minimum Gasteiger partial charge on any atom is -0.454 e. The second kappa shape index (κ2) is 5.71. The van der Waals surface area contributed by atoms with Gasteiger partial charge in [-0.2, -0.15) is 0 Å². The van der Waals surface area contributed by atoms with Gasteiger partial charge in [0, 0.05) is 0 Å². The maximum Gasteiger partial charge on any atom is 0.237 e. The number of hydrogen-bond donors (Lipinski definition) is 2. The van der Waals surface area contributed by atoms with Gasteiger partial charge in [-0.05, 0) is 44.0 Å². The summed E-state index contributed by atoms with van der Waals surface area (Å²) in [4.78, 5) is 12.2. The highest BCUT2D eigenvalue weighted by molar-refractivity contribution is 5.82. The summed E-state index contributed by atoms with van der Waals surface area (Å²) < 4.78 is 10.7. The van der Waals surface area contributed by atoms with Crippen LogP contribution in [0.3, 0.4) is 0 Å². The fourth-order valence-electron chi connectivity index (χ4n) is 2.66. The molecule has 1 aromatic carbocycles. The van der Waals surface area contributed by atoms with Crippen molar-refractivity contribution >= 4 is 5.91 Å². The zero-order chi connectivity index (χ0) is 13.9. The number of carbonyl (C=O) groups excluding carboxylic acids is 1. The average Bonchev–Trinajstić information content (AvgIpc) is 2.95. The molecule has 0 saturated carbocycles. The Kier molecular flexibility index (Phi) is 3.78. The van der Waals surface area contributed by atoms with Gasteiger partial charge >= 0.3 is 0 Å². The second-order valence-electron chi connectivity index (χ2n) is 5.35. The molecule has 1 aromatic rings. The molecule has 3 rings (SSSR count). The van der Waals surface area contributed by atoms with Gasteiger partial charge in [0.05, 0.1) is 12.1 Å². The molecular weight excluding hydrogens is 256 g/mol. The highest BCUT2D eigenvalue weighted by Gasteiger charge is 2.23. The number of benzene rings is 1. The summed E-state index contributed by atoms with van der Waals surface area (Å²) >= 11 is 0. The minimum absolute atomic E-state index is 0.0410. The lowest BCUT2D eigenvalue weighted by atomic mass is 10.0. The molecule has 1 saturated heterocycles. The molecule has 5 heteroatoms. The summed E-state index contributed by atoms with van der Waals surface area (Å²) in [6.07, 6.45) is 3.19. The third-order valence-electron chi connectivity index (χ3n) is 3.88. The van der Waals surface area contributed by atoms with Crippen molar-refractivity contribution in [2.45, 2.75) is 38.3 Å². The number of piperidine rings is 1. The van der Waals surface area contributed by atoms with Crippen LogP contribution in [0.1, 0.15) is 37.8 Å². The molecule has 0 aromatic heterocycles. The third kappa shape index (κ3) is 2.72. The lowest BCUT2D eigenvalue weighted by molar-refractivity contribution is -0.124. The third-order valence-corrected chi connectivity index (χ3v) is 3.88. The van der Waals surface area contributed by atoms with E-state index in [1.807, 2.05) is 25.1 Å². The molecule has 2 aliphatic heterocycles. The molecule has 0 aliphatic carbocycles. The van der Waals surface area contributed by atoms with Crippen LogP contribution in [0.2, 0.25) is 0 Å². The highest BCUT2D eigenvalue weighted by atomic mass is 16.7. The molecule has 2 aliphatic rings. The monoisotopic (exact) mass is 276 g/mol. The minimum atomic E-state index is -0.0554. The van der Waals surface area contributed by atoms with E-state index in [1.54, 1.807) is 0 Å². The fourth-order valence-corrected chi connectivity index (χ4v) is 2.66. The zero-order valence-corrected chi connectivity index (χ0v) is 11.6. The van der Waals surface area contributed by atoms with Gasteiger partial charge in [-0.1, -0.05) is 12.5 Å². The van der Waals surface area contributed by atoms with E-state index in [0.717, 1.165) is 42.9 Å². The van der Waals surface area contributed by atoms with Crippen molar-refractivity contribution in [3.8, 4) is 11.5 Å². The molecule has 108 valence electrons. The van der Waals surface area contributed by atoms with Crippen molar-refractivity contribution in [1.82, 2.24) is 10.6 Å². The van der Waals surface area contributed by atoms with Crippen molar-refractivity contribution in [2.24, 2.45) is 0 Å². The Morgan fingerprint density at radius 3 is 3.00 bits per heavy atom. The highest BCUT2D eigenvalue weighted by Crippen LogP contribution is 2.34. The lowest BCUT2D eigenvalue weighted by Gasteiger charge is -2.24. The van der Waals surface area contributed by atoms with E-state index in [0.29, 0.717) is 0 Å². The molecule has 20 heavy (non-hydrogen) atoms. The Labute approximate surface area is 118 Å². The molecular formula is C15H20N2O3. The summed E-state index contributed by atoms with van der Waals surface area (Å²) in [5.41, 5.74) is 1.03. The number of fused-ring (bicyclic) bond motifs is 1. The summed E-state index contributed by atoms with van der Waals surface area (Å²) in [6.45, 7) is 3.18. The number of amides is 1. The van der Waals surface area contributed by atoms with Gasteiger partial charge in [-0.25, -0.2) is 0 Å². The number of nitrogens with one attached hydrogen (secondary N) is 2. The first-order valence-electron chi connectivity index (χ1n) is 7.17. The predicted octanol–water partition coefficient (Wildman–Crippen LogP) is 1.73. The van der Waals surface area contributed by atoms with Gasteiger partial charge < -0.3 is 20.1 Å². The maximum atomic E-state index is 12.2. The van der Waals surface area contributed by atoms with E-state index in [1.165, 1.54) is 0 Å². The van der Waals surface area contributed by atoms with E-state index in [-0.39, 0.29) is 24.8 Å². The Bertz CT molecular complexity index is 498. The number of hydrogen-bond acceptors (Lipinski definition) is 4. The van der Waals surface area contributed by atoms with E-state index in [9.17, 15) is 4.79 Å². The van der Waals surface area contributed by atoms with Crippen LogP contribution in [0, 0.1) is 0 Å². The SMILES string of the molecule is CC(NC(=O)C1CCCCN1)c1ccc2c(c1)OCO2. The van der Waals surface area contributed by atoms with Gasteiger partial charge in [-0.15, -0.1) is 0 Å². The zero-order valence-electron chi connectivity index (χ0n) is 11.6. The van der Waals surface area contributed by atoms with Crippen LogP contribution in [-0.2, 0) is 4.79 Å². The van der Waals surface area contributed by atoms with Crippen LogP contribution in [0.5, 0.6) is 11.5 Å².